The van der Waals surface area contributed by atoms with Gasteiger partial charge in [0.15, 0.2) is 5.82 Å². The number of fused-ring (bicyclic) bond motifs is 3. The van der Waals surface area contributed by atoms with Crippen LogP contribution in [0.5, 0.6) is 0 Å². The van der Waals surface area contributed by atoms with E-state index < -0.39 is 12.1 Å². The van der Waals surface area contributed by atoms with E-state index in [0.717, 1.165) is 55.0 Å². The molecule has 2 aromatic heterocycles. The number of halogens is 5. The zero-order valence-electron chi connectivity index (χ0n) is 20.7. The van der Waals surface area contributed by atoms with E-state index in [2.05, 4.69) is 29.9 Å². The topological polar surface area (TPSA) is 53.3 Å². The van der Waals surface area contributed by atoms with Crippen molar-refractivity contribution in [1.82, 2.24) is 24.6 Å². The van der Waals surface area contributed by atoms with Gasteiger partial charge in [-0.2, -0.15) is 13.2 Å². The van der Waals surface area contributed by atoms with Gasteiger partial charge in [-0.05, 0) is 55.2 Å². The molecule has 0 unspecified atom stereocenters. The minimum atomic E-state index is -4.15. The molecule has 3 aliphatic heterocycles. The first-order valence-corrected chi connectivity index (χ1v) is 13.1. The third kappa shape index (κ3) is 3.85. The van der Waals surface area contributed by atoms with Gasteiger partial charge >= 0.3 is 6.18 Å². The molecule has 1 spiro atoms. The summed E-state index contributed by atoms with van der Waals surface area (Å²) in [6.07, 6.45) is -2.66. The van der Waals surface area contributed by atoms with Gasteiger partial charge < -0.3 is 9.80 Å². The summed E-state index contributed by atoms with van der Waals surface area (Å²) < 4.78 is 55.1. The molecule has 1 aromatic carbocycles. The third-order valence-corrected chi connectivity index (χ3v) is 8.79. The SMILES string of the molecule is Cc1cc(N2CC3(C2)CN(c2nnc4n2-c2ccc(Cl)cc2CN(C2CC(C(F)(F)F)C2)C4)C3)ncc1F. The van der Waals surface area contributed by atoms with Crippen LogP contribution in [0.2, 0.25) is 5.02 Å². The number of rotatable bonds is 3. The monoisotopic (exact) mass is 547 g/mol. The maximum absolute atomic E-state index is 13.6. The van der Waals surface area contributed by atoms with Crippen LogP contribution >= 0.6 is 11.6 Å². The molecule has 7 rings (SSSR count). The lowest BCUT2D eigenvalue weighted by molar-refractivity contribution is -0.207. The third-order valence-electron chi connectivity index (χ3n) is 8.55. The molecular weight excluding hydrogens is 522 g/mol. The van der Waals surface area contributed by atoms with Crippen LogP contribution in [0.25, 0.3) is 5.69 Å². The Hall–Kier alpha value is -2.92. The summed E-state index contributed by atoms with van der Waals surface area (Å²) in [5, 5.41) is 9.61. The Kier molecular flexibility index (Phi) is 5.27. The van der Waals surface area contributed by atoms with Crippen molar-refractivity contribution in [2.24, 2.45) is 11.3 Å². The van der Waals surface area contributed by atoms with Gasteiger partial charge in [0.2, 0.25) is 5.95 Å². The summed E-state index contributed by atoms with van der Waals surface area (Å²) in [5.74, 6) is 0.713. The maximum atomic E-state index is 13.6. The average Bonchev–Trinajstić information content (AvgIpc) is 3.08. The number of aromatic nitrogens is 4. The molecule has 0 radical (unpaired) electrons. The summed E-state index contributed by atoms with van der Waals surface area (Å²) in [6.45, 7) is 5.97. The van der Waals surface area contributed by atoms with Gasteiger partial charge in [0.1, 0.15) is 11.6 Å². The molecule has 0 bridgehead atoms. The number of benzene rings is 1. The highest BCUT2D eigenvalue weighted by Crippen LogP contribution is 2.46. The molecule has 3 fully saturated rings. The Morgan fingerprint density at radius 2 is 1.74 bits per heavy atom. The Labute approximate surface area is 222 Å². The number of hydrogen-bond donors (Lipinski definition) is 0. The van der Waals surface area contributed by atoms with Gasteiger partial charge in [-0.1, -0.05) is 11.6 Å². The molecule has 3 aromatic rings. The van der Waals surface area contributed by atoms with Crippen molar-refractivity contribution in [3.63, 3.8) is 0 Å². The molecule has 1 saturated carbocycles. The molecule has 4 aliphatic rings. The largest absolute Gasteiger partial charge is 0.391 e. The first-order chi connectivity index (χ1) is 18.1. The van der Waals surface area contributed by atoms with E-state index in [1.165, 1.54) is 6.20 Å². The van der Waals surface area contributed by atoms with Gasteiger partial charge in [-0.25, -0.2) is 9.37 Å². The number of nitrogens with zero attached hydrogens (tertiary/aromatic N) is 7. The van der Waals surface area contributed by atoms with Crippen molar-refractivity contribution in [2.45, 2.75) is 45.1 Å². The number of anilines is 2. The average molecular weight is 548 g/mol. The zero-order valence-corrected chi connectivity index (χ0v) is 21.5. The summed E-state index contributed by atoms with van der Waals surface area (Å²) in [5.41, 5.74) is 2.58. The second-order valence-electron chi connectivity index (χ2n) is 11.3. The molecular formula is C26H26ClF4N7. The molecule has 5 heterocycles. The lowest BCUT2D eigenvalue weighted by Crippen LogP contribution is -2.73. The highest BCUT2D eigenvalue weighted by atomic mass is 35.5. The first-order valence-electron chi connectivity index (χ1n) is 12.7. The van der Waals surface area contributed by atoms with Crippen molar-refractivity contribution in [1.29, 1.82) is 0 Å². The lowest BCUT2D eigenvalue weighted by Gasteiger charge is -2.60. The van der Waals surface area contributed by atoms with E-state index in [1.54, 1.807) is 13.0 Å². The molecule has 1 aliphatic carbocycles. The second kappa shape index (κ2) is 8.29. The number of alkyl halides is 3. The van der Waals surface area contributed by atoms with Gasteiger partial charge in [0.05, 0.1) is 24.3 Å². The zero-order chi connectivity index (χ0) is 26.4. The number of hydrogen-bond acceptors (Lipinski definition) is 6. The normalized spacial score (nSPS) is 24.3. The summed E-state index contributed by atoms with van der Waals surface area (Å²) in [4.78, 5) is 10.7. The molecule has 2 saturated heterocycles. The smallest absolute Gasteiger partial charge is 0.355 e. The molecule has 38 heavy (non-hydrogen) atoms. The molecule has 12 heteroatoms. The fourth-order valence-corrected chi connectivity index (χ4v) is 6.55. The molecule has 0 atom stereocenters. The van der Waals surface area contributed by atoms with Crippen LogP contribution < -0.4 is 9.80 Å². The van der Waals surface area contributed by atoms with Crippen LogP contribution in [-0.2, 0) is 13.1 Å². The first kappa shape index (κ1) is 24.1. The Balaban J connectivity index is 1.10. The standard InChI is InChI=1S/C26H26ClF4N7/c1-15-4-22(32-8-20(15)28)36-11-25(12-36)13-37(14-25)24-34-33-23-10-35(19-6-17(7-19)26(29,30)31)9-16-5-18(27)2-3-21(16)38(23)24/h2-5,8,17,19H,6-7,9-14H2,1H3. The molecule has 0 N–H and O–H groups in total. The van der Waals surface area contributed by atoms with Crippen molar-refractivity contribution >= 4 is 23.4 Å². The van der Waals surface area contributed by atoms with Crippen molar-refractivity contribution in [3.05, 3.63) is 58.3 Å². The highest BCUT2D eigenvalue weighted by Gasteiger charge is 2.54. The van der Waals surface area contributed by atoms with E-state index >= 15 is 0 Å². The van der Waals surface area contributed by atoms with Crippen LogP contribution in [0, 0.1) is 24.1 Å². The van der Waals surface area contributed by atoms with E-state index in [9.17, 15) is 17.6 Å². The van der Waals surface area contributed by atoms with E-state index in [0.29, 0.717) is 23.7 Å². The van der Waals surface area contributed by atoms with E-state index in [-0.39, 0.29) is 30.1 Å². The fourth-order valence-electron chi connectivity index (χ4n) is 6.36. The summed E-state index contributed by atoms with van der Waals surface area (Å²) >= 11 is 6.33. The summed E-state index contributed by atoms with van der Waals surface area (Å²) in [6, 6.07) is 7.29. The number of pyridine rings is 1. The quantitative estimate of drug-likeness (QED) is 0.441. The second-order valence-corrected chi connectivity index (χ2v) is 11.7. The number of aryl methyl sites for hydroxylation is 1. The van der Waals surface area contributed by atoms with Crippen LogP contribution in [0.1, 0.15) is 29.8 Å². The molecule has 200 valence electrons. The highest BCUT2D eigenvalue weighted by molar-refractivity contribution is 6.30. The minimum absolute atomic E-state index is 0.105. The van der Waals surface area contributed by atoms with Gasteiger partial charge in [0.25, 0.3) is 0 Å². The van der Waals surface area contributed by atoms with Crippen LogP contribution in [0.4, 0.5) is 29.3 Å². The Bertz CT molecular complexity index is 1400. The predicted octanol–water partition coefficient (Wildman–Crippen LogP) is 4.75. The van der Waals surface area contributed by atoms with Crippen molar-refractivity contribution < 1.29 is 17.6 Å². The fraction of sp³-hybridized carbons (Fsp3) is 0.500. The van der Waals surface area contributed by atoms with Crippen LogP contribution in [-0.4, -0.2) is 63.0 Å². The minimum Gasteiger partial charge on any atom is -0.355 e. The Morgan fingerprint density at radius 3 is 2.45 bits per heavy atom. The lowest BCUT2D eigenvalue weighted by atomic mass is 9.73. The van der Waals surface area contributed by atoms with E-state index in [1.807, 2.05) is 22.8 Å². The summed E-state index contributed by atoms with van der Waals surface area (Å²) in [7, 11) is 0. The van der Waals surface area contributed by atoms with Crippen molar-refractivity contribution in [2.75, 3.05) is 36.0 Å². The van der Waals surface area contributed by atoms with Crippen LogP contribution in [0.3, 0.4) is 0 Å². The molecule has 0 amide bonds. The predicted molar refractivity (Wildman–Crippen MR) is 134 cm³/mol. The molecule has 7 nitrogen and oxygen atoms in total. The maximum Gasteiger partial charge on any atom is 0.391 e. The van der Waals surface area contributed by atoms with E-state index in [4.69, 9.17) is 11.6 Å². The van der Waals surface area contributed by atoms with Crippen LogP contribution in [0.15, 0.2) is 30.5 Å². The van der Waals surface area contributed by atoms with Gasteiger partial charge in [-0.3, -0.25) is 9.47 Å². The van der Waals surface area contributed by atoms with Gasteiger partial charge in [0, 0.05) is 49.2 Å². The van der Waals surface area contributed by atoms with Gasteiger partial charge in [-0.15, -0.1) is 10.2 Å². The Morgan fingerprint density at radius 1 is 1.00 bits per heavy atom. The van der Waals surface area contributed by atoms with Crippen molar-refractivity contribution in [3.8, 4) is 5.69 Å².